The van der Waals surface area contributed by atoms with Crippen LogP contribution >= 0.6 is 0 Å². The molecule has 0 fully saturated rings. The first-order valence-corrected chi connectivity index (χ1v) is 5.67. The topological polar surface area (TPSA) is 42.1 Å². The maximum Gasteiger partial charge on any atom is 0.338 e. The number of fused-ring (bicyclic) bond motifs is 1. The summed E-state index contributed by atoms with van der Waals surface area (Å²) in [6, 6.07) is 7.89. The van der Waals surface area contributed by atoms with Gasteiger partial charge in [-0.25, -0.2) is 4.79 Å². The number of aromatic amines is 1. The number of allylic oxidation sites excluding steroid dienone is 1. The van der Waals surface area contributed by atoms with Gasteiger partial charge in [0.15, 0.2) is 0 Å². The van der Waals surface area contributed by atoms with Gasteiger partial charge in [0.1, 0.15) is 0 Å². The number of H-pyrrole nitrogens is 1. The Hall–Kier alpha value is -2.03. The maximum atomic E-state index is 11.8. The maximum absolute atomic E-state index is 11.8. The molecule has 88 valence electrons. The molecule has 17 heavy (non-hydrogen) atoms. The molecular formula is C14H15NO2. The summed E-state index contributed by atoms with van der Waals surface area (Å²) in [5.74, 6) is -0.278. The molecule has 2 aromatic rings. The second kappa shape index (κ2) is 4.87. The highest BCUT2D eigenvalue weighted by Gasteiger charge is 2.15. The Bertz CT molecular complexity index is 566. The molecule has 1 N–H and O–H groups in total. The summed E-state index contributed by atoms with van der Waals surface area (Å²) in [6.45, 7) is 4.03. The highest BCUT2D eigenvalue weighted by atomic mass is 16.5. The van der Waals surface area contributed by atoms with Gasteiger partial charge in [-0.3, -0.25) is 0 Å². The summed E-state index contributed by atoms with van der Waals surface area (Å²) in [6.07, 6.45) is 3.63. The molecule has 0 atom stereocenters. The third-order valence-electron chi connectivity index (χ3n) is 2.66. The Morgan fingerprint density at radius 1 is 1.41 bits per heavy atom. The van der Waals surface area contributed by atoms with E-state index in [4.69, 9.17) is 4.74 Å². The molecule has 0 saturated carbocycles. The van der Waals surface area contributed by atoms with Crippen molar-refractivity contribution in [3.8, 4) is 0 Å². The van der Waals surface area contributed by atoms with Gasteiger partial charge >= 0.3 is 5.97 Å². The van der Waals surface area contributed by atoms with Crippen molar-refractivity contribution in [3.63, 3.8) is 0 Å². The van der Waals surface area contributed by atoms with E-state index in [-0.39, 0.29) is 5.97 Å². The van der Waals surface area contributed by atoms with E-state index in [0.29, 0.717) is 12.2 Å². The summed E-state index contributed by atoms with van der Waals surface area (Å²) >= 11 is 0. The standard InChI is InChI=1S/C14H15NO2/c1-3-10(14(16)17-4-2)12-9-15-13-8-6-5-7-11(12)13/h3,5-9,15H,4H2,1-2H3. The van der Waals surface area contributed by atoms with E-state index in [1.807, 2.05) is 37.4 Å². The van der Waals surface area contributed by atoms with Gasteiger partial charge in [-0.2, -0.15) is 0 Å². The van der Waals surface area contributed by atoms with E-state index in [2.05, 4.69) is 4.98 Å². The van der Waals surface area contributed by atoms with Crippen molar-refractivity contribution in [2.45, 2.75) is 13.8 Å². The second-order valence-corrected chi connectivity index (χ2v) is 3.67. The molecule has 0 aliphatic carbocycles. The summed E-state index contributed by atoms with van der Waals surface area (Å²) < 4.78 is 5.05. The lowest BCUT2D eigenvalue weighted by atomic mass is 10.1. The Labute approximate surface area is 100 Å². The summed E-state index contributed by atoms with van der Waals surface area (Å²) in [5.41, 5.74) is 2.51. The lowest BCUT2D eigenvalue weighted by molar-refractivity contribution is -0.136. The fourth-order valence-corrected chi connectivity index (χ4v) is 1.89. The predicted molar refractivity (Wildman–Crippen MR) is 68.6 cm³/mol. The Morgan fingerprint density at radius 3 is 2.88 bits per heavy atom. The van der Waals surface area contributed by atoms with Gasteiger partial charge in [-0.15, -0.1) is 0 Å². The van der Waals surface area contributed by atoms with Crippen LogP contribution in [0.5, 0.6) is 0 Å². The third-order valence-corrected chi connectivity index (χ3v) is 2.66. The van der Waals surface area contributed by atoms with Gasteiger partial charge in [0, 0.05) is 22.7 Å². The quantitative estimate of drug-likeness (QED) is 0.649. The zero-order valence-corrected chi connectivity index (χ0v) is 9.99. The highest BCUT2D eigenvalue weighted by Crippen LogP contribution is 2.25. The number of aromatic nitrogens is 1. The van der Waals surface area contributed by atoms with Crippen LogP contribution in [0.3, 0.4) is 0 Å². The van der Waals surface area contributed by atoms with Crippen LogP contribution in [0.15, 0.2) is 36.5 Å². The lowest BCUT2D eigenvalue weighted by Gasteiger charge is -2.05. The molecule has 0 unspecified atom stereocenters. The first-order valence-electron chi connectivity index (χ1n) is 5.67. The largest absolute Gasteiger partial charge is 0.462 e. The fraction of sp³-hybridized carbons (Fsp3) is 0.214. The summed E-state index contributed by atoms with van der Waals surface area (Å²) in [5, 5.41) is 1.04. The number of para-hydroxylation sites is 1. The predicted octanol–water partition coefficient (Wildman–Crippen LogP) is 3.13. The number of esters is 1. The van der Waals surface area contributed by atoms with Crippen LogP contribution in [0.25, 0.3) is 16.5 Å². The number of carbonyl (C=O) groups excluding carboxylic acids is 1. The van der Waals surface area contributed by atoms with Crippen LogP contribution in [0.4, 0.5) is 0 Å². The van der Waals surface area contributed by atoms with Crippen molar-refractivity contribution in [3.05, 3.63) is 42.1 Å². The van der Waals surface area contributed by atoms with E-state index in [1.165, 1.54) is 0 Å². The first-order chi connectivity index (χ1) is 8.27. The Balaban J connectivity index is 2.48. The van der Waals surface area contributed by atoms with Gasteiger partial charge in [0.2, 0.25) is 0 Å². The molecule has 0 radical (unpaired) electrons. The lowest BCUT2D eigenvalue weighted by Crippen LogP contribution is -2.06. The molecular weight excluding hydrogens is 214 g/mol. The molecule has 1 heterocycles. The van der Waals surface area contributed by atoms with Crippen molar-refractivity contribution in [1.82, 2.24) is 4.98 Å². The Morgan fingerprint density at radius 2 is 2.18 bits per heavy atom. The molecule has 0 amide bonds. The molecule has 0 saturated heterocycles. The second-order valence-electron chi connectivity index (χ2n) is 3.67. The van der Waals surface area contributed by atoms with Crippen LogP contribution in [0, 0.1) is 0 Å². The molecule has 0 aliphatic heterocycles. The third kappa shape index (κ3) is 2.09. The molecule has 2 rings (SSSR count). The van der Waals surface area contributed by atoms with Crippen LogP contribution < -0.4 is 0 Å². The van der Waals surface area contributed by atoms with E-state index >= 15 is 0 Å². The minimum Gasteiger partial charge on any atom is -0.462 e. The number of carbonyl (C=O) groups is 1. The fourth-order valence-electron chi connectivity index (χ4n) is 1.89. The van der Waals surface area contributed by atoms with E-state index in [1.54, 1.807) is 13.0 Å². The molecule has 1 aromatic carbocycles. The number of hydrogen-bond donors (Lipinski definition) is 1. The number of hydrogen-bond acceptors (Lipinski definition) is 2. The van der Waals surface area contributed by atoms with Gasteiger partial charge in [-0.1, -0.05) is 24.3 Å². The van der Waals surface area contributed by atoms with E-state index < -0.39 is 0 Å². The average molecular weight is 229 g/mol. The van der Waals surface area contributed by atoms with Gasteiger partial charge in [0.25, 0.3) is 0 Å². The van der Waals surface area contributed by atoms with E-state index in [0.717, 1.165) is 16.5 Å². The first kappa shape index (κ1) is 11.5. The Kier molecular flexibility index (Phi) is 3.28. The van der Waals surface area contributed by atoms with Crippen LogP contribution in [-0.4, -0.2) is 17.6 Å². The van der Waals surface area contributed by atoms with Gasteiger partial charge in [0.05, 0.1) is 12.2 Å². The summed E-state index contributed by atoms with van der Waals surface area (Å²) in [4.78, 5) is 15.0. The molecule has 0 aliphatic rings. The number of nitrogens with one attached hydrogen (secondary N) is 1. The van der Waals surface area contributed by atoms with Crippen molar-refractivity contribution in [2.24, 2.45) is 0 Å². The molecule has 3 nitrogen and oxygen atoms in total. The van der Waals surface area contributed by atoms with Crippen molar-refractivity contribution in [1.29, 1.82) is 0 Å². The minimum absolute atomic E-state index is 0.278. The average Bonchev–Trinajstić information content (AvgIpc) is 2.75. The van der Waals surface area contributed by atoms with Crippen molar-refractivity contribution >= 4 is 22.4 Å². The van der Waals surface area contributed by atoms with Crippen LogP contribution in [-0.2, 0) is 9.53 Å². The van der Waals surface area contributed by atoms with Crippen molar-refractivity contribution < 1.29 is 9.53 Å². The number of ether oxygens (including phenoxy) is 1. The van der Waals surface area contributed by atoms with Gasteiger partial charge < -0.3 is 9.72 Å². The normalized spacial score (nSPS) is 11.8. The monoisotopic (exact) mass is 229 g/mol. The van der Waals surface area contributed by atoms with Crippen molar-refractivity contribution in [2.75, 3.05) is 6.61 Å². The van der Waals surface area contributed by atoms with Gasteiger partial charge in [-0.05, 0) is 19.9 Å². The molecule has 0 spiro atoms. The minimum atomic E-state index is -0.278. The van der Waals surface area contributed by atoms with Crippen LogP contribution in [0.1, 0.15) is 19.4 Å². The van der Waals surface area contributed by atoms with E-state index in [9.17, 15) is 4.79 Å². The molecule has 1 aromatic heterocycles. The van der Waals surface area contributed by atoms with Crippen LogP contribution in [0.2, 0.25) is 0 Å². The number of rotatable bonds is 3. The number of benzene rings is 1. The zero-order chi connectivity index (χ0) is 12.3. The summed E-state index contributed by atoms with van der Waals surface area (Å²) in [7, 11) is 0. The highest BCUT2D eigenvalue weighted by molar-refractivity contribution is 6.20. The molecule has 0 bridgehead atoms. The SMILES string of the molecule is CC=C(C(=O)OCC)c1c[nH]c2ccccc12. The molecule has 3 heteroatoms. The smallest absolute Gasteiger partial charge is 0.338 e. The zero-order valence-electron chi connectivity index (χ0n) is 9.99.